The van der Waals surface area contributed by atoms with E-state index in [0.717, 1.165) is 13.0 Å². The molecule has 1 amide bonds. The summed E-state index contributed by atoms with van der Waals surface area (Å²) in [6, 6.07) is 0.419. The molecule has 0 saturated carbocycles. The van der Waals surface area contributed by atoms with Crippen molar-refractivity contribution in [2.75, 3.05) is 13.6 Å². The molecule has 1 saturated heterocycles. The number of likely N-dealkylation sites (tertiary alicyclic amines) is 1. The molecule has 1 fully saturated rings. The Labute approximate surface area is 66.9 Å². The number of carbonyl (C=O) groups is 1. The van der Waals surface area contributed by atoms with Gasteiger partial charge in [-0.2, -0.15) is 0 Å². The van der Waals surface area contributed by atoms with Gasteiger partial charge in [0.25, 0.3) is 0 Å². The van der Waals surface area contributed by atoms with E-state index in [1.54, 1.807) is 0 Å². The molecule has 11 heavy (non-hydrogen) atoms. The molecule has 1 unspecified atom stereocenters. The van der Waals surface area contributed by atoms with Gasteiger partial charge in [0.05, 0.1) is 0 Å². The lowest BCUT2D eigenvalue weighted by Crippen LogP contribution is -2.23. The fraction of sp³-hybridized carbons (Fsp3) is 0.625. The van der Waals surface area contributed by atoms with Crippen LogP contribution < -0.4 is 5.73 Å². The molecule has 0 radical (unpaired) electrons. The SMILES string of the molecule is CN1CCCC1C=CC(N)=O. The van der Waals surface area contributed by atoms with Crippen molar-refractivity contribution in [3.05, 3.63) is 12.2 Å². The van der Waals surface area contributed by atoms with E-state index in [1.807, 2.05) is 6.08 Å². The summed E-state index contributed by atoms with van der Waals surface area (Å²) < 4.78 is 0. The molecule has 1 aliphatic rings. The van der Waals surface area contributed by atoms with Crippen LogP contribution in [0.4, 0.5) is 0 Å². The first kappa shape index (κ1) is 8.27. The summed E-state index contributed by atoms with van der Waals surface area (Å²) in [6.07, 6.45) is 5.69. The maximum atomic E-state index is 10.4. The van der Waals surface area contributed by atoms with Crippen molar-refractivity contribution in [1.29, 1.82) is 0 Å². The van der Waals surface area contributed by atoms with E-state index in [4.69, 9.17) is 5.73 Å². The standard InChI is InChI=1S/C8H14N2O/c1-10-6-2-3-7(10)4-5-8(9)11/h4-5,7H,2-3,6H2,1H3,(H2,9,11). The smallest absolute Gasteiger partial charge is 0.241 e. The fourth-order valence-corrected chi connectivity index (χ4v) is 1.39. The van der Waals surface area contributed by atoms with E-state index in [9.17, 15) is 4.79 Å². The Bertz CT molecular complexity index is 177. The van der Waals surface area contributed by atoms with Crippen LogP contribution >= 0.6 is 0 Å². The molecule has 0 aromatic heterocycles. The third-order valence-electron chi connectivity index (χ3n) is 2.06. The van der Waals surface area contributed by atoms with Gasteiger partial charge in [-0.15, -0.1) is 0 Å². The minimum absolute atomic E-state index is 0.356. The van der Waals surface area contributed by atoms with Gasteiger partial charge in [0, 0.05) is 12.1 Å². The maximum Gasteiger partial charge on any atom is 0.241 e. The van der Waals surface area contributed by atoms with Gasteiger partial charge in [0.15, 0.2) is 0 Å². The normalized spacial score (nSPS) is 26.5. The van der Waals surface area contributed by atoms with Gasteiger partial charge in [-0.3, -0.25) is 9.69 Å². The zero-order chi connectivity index (χ0) is 8.27. The lowest BCUT2D eigenvalue weighted by atomic mass is 10.2. The molecular weight excluding hydrogens is 140 g/mol. The average Bonchev–Trinajstić information content (AvgIpc) is 2.31. The van der Waals surface area contributed by atoms with Crippen LogP contribution in [0.2, 0.25) is 0 Å². The molecule has 0 aliphatic carbocycles. The predicted molar refractivity (Wildman–Crippen MR) is 44.0 cm³/mol. The third-order valence-corrected chi connectivity index (χ3v) is 2.06. The average molecular weight is 154 g/mol. The highest BCUT2D eigenvalue weighted by Gasteiger charge is 2.17. The Hall–Kier alpha value is -0.830. The Morgan fingerprint density at radius 3 is 2.91 bits per heavy atom. The van der Waals surface area contributed by atoms with Crippen molar-refractivity contribution in [1.82, 2.24) is 4.90 Å². The number of likely N-dealkylation sites (N-methyl/N-ethyl adjacent to an activating group) is 1. The van der Waals surface area contributed by atoms with Crippen molar-refractivity contribution in [3.63, 3.8) is 0 Å². The largest absolute Gasteiger partial charge is 0.366 e. The number of rotatable bonds is 2. The second-order valence-electron chi connectivity index (χ2n) is 2.95. The summed E-state index contributed by atoms with van der Waals surface area (Å²) >= 11 is 0. The summed E-state index contributed by atoms with van der Waals surface area (Å²) in [7, 11) is 2.06. The molecular formula is C8H14N2O. The summed E-state index contributed by atoms with van der Waals surface area (Å²) in [5, 5.41) is 0. The van der Waals surface area contributed by atoms with Gasteiger partial charge >= 0.3 is 0 Å². The van der Waals surface area contributed by atoms with E-state index < -0.39 is 0 Å². The Morgan fingerprint density at radius 1 is 1.73 bits per heavy atom. The van der Waals surface area contributed by atoms with Crippen molar-refractivity contribution < 1.29 is 4.79 Å². The van der Waals surface area contributed by atoms with E-state index in [1.165, 1.54) is 12.5 Å². The van der Waals surface area contributed by atoms with Crippen molar-refractivity contribution in [2.24, 2.45) is 5.73 Å². The molecule has 0 spiro atoms. The van der Waals surface area contributed by atoms with Gasteiger partial charge in [0.2, 0.25) is 5.91 Å². The van der Waals surface area contributed by atoms with Gasteiger partial charge < -0.3 is 5.73 Å². The van der Waals surface area contributed by atoms with E-state index in [0.29, 0.717) is 6.04 Å². The third kappa shape index (κ3) is 2.35. The number of nitrogens with two attached hydrogens (primary N) is 1. The summed E-state index contributed by atoms with van der Waals surface area (Å²) in [4.78, 5) is 12.6. The van der Waals surface area contributed by atoms with Crippen LogP contribution in [0.3, 0.4) is 0 Å². The zero-order valence-electron chi connectivity index (χ0n) is 6.79. The van der Waals surface area contributed by atoms with Gasteiger partial charge in [-0.05, 0) is 26.4 Å². The molecule has 3 heteroatoms. The highest BCUT2D eigenvalue weighted by Crippen LogP contribution is 2.15. The molecule has 0 aromatic rings. The van der Waals surface area contributed by atoms with E-state index in [2.05, 4.69) is 11.9 Å². The lowest BCUT2D eigenvalue weighted by Gasteiger charge is -2.14. The minimum atomic E-state index is -0.356. The van der Waals surface area contributed by atoms with Gasteiger partial charge in [-0.1, -0.05) is 6.08 Å². The molecule has 62 valence electrons. The van der Waals surface area contributed by atoms with Crippen LogP contribution in [0.25, 0.3) is 0 Å². The monoisotopic (exact) mass is 154 g/mol. The highest BCUT2D eigenvalue weighted by atomic mass is 16.1. The first-order chi connectivity index (χ1) is 5.20. The predicted octanol–water partition coefficient (Wildman–Crippen LogP) is 0.122. The summed E-state index contributed by atoms with van der Waals surface area (Å²) in [5.74, 6) is -0.356. The second kappa shape index (κ2) is 3.53. The van der Waals surface area contributed by atoms with Crippen molar-refractivity contribution in [2.45, 2.75) is 18.9 Å². The number of carbonyl (C=O) groups excluding carboxylic acids is 1. The summed E-state index contributed by atoms with van der Waals surface area (Å²) in [5.41, 5.74) is 4.97. The Kier molecular flexibility index (Phi) is 2.65. The quantitative estimate of drug-likeness (QED) is 0.574. The van der Waals surface area contributed by atoms with Crippen LogP contribution in [0.1, 0.15) is 12.8 Å². The lowest BCUT2D eigenvalue weighted by molar-refractivity contribution is -0.113. The molecule has 1 aliphatic heterocycles. The zero-order valence-corrected chi connectivity index (χ0v) is 6.79. The first-order valence-electron chi connectivity index (χ1n) is 3.88. The fourth-order valence-electron chi connectivity index (χ4n) is 1.39. The van der Waals surface area contributed by atoms with Crippen LogP contribution in [0, 0.1) is 0 Å². The Morgan fingerprint density at radius 2 is 2.45 bits per heavy atom. The van der Waals surface area contributed by atoms with Crippen molar-refractivity contribution >= 4 is 5.91 Å². The molecule has 1 rings (SSSR count). The molecule has 2 N–H and O–H groups in total. The highest BCUT2D eigenvalue weighted by molar-refractivity contribution is 5.85. The van der Waals surface area contributed by atoms with Gasteiger partial charge in [0.1, 0.15) is 0 Å². The van der Waals surface area contributed by atoms with Crippen LogP contribution in [0.15, 0.2) is 12.2 Å². The molecule has 1 heterocycles. The number of amides is 1. The van der Waals surface area contributed by atoms with Crippen LogP contribution in [-0.2, 0) is 4.79 Å². The first-order valence-corrected chi connectivity index (χ1v) is 3.88. The minimum Gasteiger partial charge on any atom is -0.366 e. The Balaban J connectivity index is 2.42. The van der Waals surface area contributed by atoms with Gasteiger partial charge in [-0.25, -0.2) is 0 Å². The second-order valence-corrected chi connectivity index (χ2v) is 2.95. The molecule has 0 bridgehead atoms. The van der Waals surface area contributed by atoms with Crippen molar-refractivity contribution in [3.8, 4) is 0 Å². The van der Waals surface area contributed by atoms with Crippen LogP contribution in [0.5, 0.6) is 0 Å². The van der Waals surface area contributed by atoms with Crippen LogP contribution in [-0.4, -0.2) is 30.4 Å². The number of nitrogens with zero attached hydrogens (tertiary/aromatic N) is 1. The molecule has 0 aromatic carbocycles. The molecule has 1 atom stereocenters. The number of hydrogen-bond acceptors (Lipinski definition) is 2. The number of hydrogen-bond donors (Lipinski definition) is 1. The topological polar surface area (TPSA) is 46.3 Å². The maximum absolute atomic E-state index is 10.4. The number of primary amides is 1. The van der Waals surface area contributed by atoms with E-state index >= 15 is 0 Å². The summed E-state index contributed by atoms with van der Waals surface area (Å²) in [6.45, 7) is 1.12. The molecule has 3 nitrogen and oxygen atoms in total. The van der Waals surface area contributed by atoms with E-state index in [-0.39, 0.29) is 5.91 Å².